The summed E-state index contributed by atoms with van der Waals surface area (Å²) in [6.45, 7) is 4.77. The standard InChI is InChI=1S/C46H91N2O6P/c1-6-8-10-12-14-16-18-20-21-22-23-24-25-26-28-30-32-34-36-38-40-46(50)47-44(43-54-55(51,52)53-42-41-48(3,4)5)45(49)39-37-35-33-31-29-27-19-17-15-13-11-9-7-2/h11,13,37,39,44-45,49H,6-10,12,14-36,38,40-43H2,1-5H3,(H-,47,50,51,52)/p+1/b13-11-,39-37+/t44-,45+/m0/s1. The van der Waals surface area contributed by atoms with Crippen LogP contribution >= 0.6 is 7.82 Å². The number of carbonyl (C=O) groups is 1. The van der Waals surface area contributed by atoms with Crippen molar-refractivity contribution in [1.29, 1.82) is 0 Å². The molecule has 1 amide bonds. The molecule has 55 heavy (non-hydrogen) atoms. The number of carbonyl (C=O) groups excluding carboxylic acids is 1. The van der Waals surface area contributed by atoms with Gasteiger partial charge in [0.15, 0.2) is 0 Å². The maximum Gasteiger partial charge on any atom is 0.472 e. The fourth-order valence-corrected chi connectivity index (χ4v) is 7.43. The number of hydrogen-bond acceptors (Lipinski definition) is 5. The van der Waals surface area contributed by atoms with E-state index in [1.54, 1.807) is 6.08 Å². The van der Waals surface area contributed by atoms with Crippen molar-refractivity contribution in [2.75, 3.05) is 40.9 Å². The summed E-state index contributed by atoms with van der Waals surface area (Å²) >= 11 is 0. The van der Waals surface area contributed by atoms with Crippen LogP contribution < -0.4 is 5.32 Å². The molecule has 8 nitrogen and oxygen atoms in total. The topological polar surface area (TPSA) is 105 Å². The van der Waals surface area contributed by atoms with Crippen molar-refractivity contribution in [3.05, 3.63) is 24.3 Å². The van der Waals surface area contributed by atoms with Gasteiger partial charge in [0.25, 0.3) is 0 Å². The van der Waals surface area contributed by atoms with Gasteiger partial charge in [0, 0.05) is 6.42 Å². The number of unbranched alkanes of at least 4 members (excludes halogenated alkanes) is 27. The number of aliphatic hydroxyl groups is 1. The van der Waals surface area contributed by atoms with Crippen LogP contribution in [-0.2, 0) is 18.4 Å². The molecule has 0 aromatic carbocycles. The molecule has 0 aliphatic heterocycles. The Hall–Kier alpha value is -1.02. The smallest absolute Gasteiger partial charge is 0.387 e. The van der Waals surface area contributed by atoms with Gasteiger partial charge in [-0.1, -0.05) is 192 Å². The number of phosphoric ester groups is 1. The number of quaternary nitrogens is 1. The molecule has 0 aromatic heterocycles. The SMILES string of the molecule is CCC/C=C\CCCCCCCC/C=C/[C@@H](O)[C@H](COP(=O)(O)OCC[N+](C)(C)C)NC(=O)CCCCCCCCCCCCCCCCCCCCCC. The van der Waals surface area contributed by atoms with Crippen LogP contribution in [0.2, 0.25) is 0 Å². The number of aliphatic hydroxyl groups excluding tert-OH is 1. The molecule has 0 aliphatic rings. The molecule has 0 saturated carbocycles. The molecule has 0 bridgehead atoms. The summed E-state index contributed by atoms with van der Waals surface area (Å²) in [4.78, 5) is 23.1. The molecule has 0 aromatic rings. The summed E-state index contributed by atoms with van der Waals surface area (Å²) in [5.41, 5.74) is 0. The molecule has 0 radical (unpaired) electrons. The van der Waals surface area contributed by atoms with Gasteiger partial charge in [0.2, 0.25) is 5.91 Å². The molecule has 3 N–H and O–H groups in total. The van der Waals surface area contributed by atoms with Crippen LogP contribution in [0.3, 0.4) is 0 Å². The Bertz CT molecular complexity index is 953. The minimum absolute atomic E-state index is 0.0617. The van der Waals surface area contributed by atoms with Crippen LogP contribution in [0.1, 0.15) is 213 Å². The van der Waals surface area contributed by atoms with Crippen LogP contribution in [0, 0.1) is 0 Å². The van der Waals surface area contributed by atoms with E-state index in [1.807, 2.05) is 27.2 Å². The molecule has 1 unspecified atom stereocenters. The lowest BCUT2D eigenvalue weighted by Crippen LogP contribution is -2.45. The van der Waals surface area contributed by atoms with Gasteiger partial charge in [0.1, 0.15) is 13.2 Å². The van der Waals surface area contributed by atoms with Gasteiger partial charge in [-0.25, -0.2) is 4.57 Å². The summed E-state index contributed by atoms with van der Waals surface area (Å²) in [6.07, 6.45) is 45.3. The van der Waals surface area contributed by atoms with Crippen molar-refractivity contribution in [3.63, 3.8) is 0 Å². The molecular weight excluding hydrogens is 707 g/mol. The molecule has 9 heteroatoms. The summed E-state index contributed by atoms with van der Waals surface area (Å²) in [5.74, 6) is -0.178. The van der Waals surface area contributed by atoms with Gasteiger partial charge in [-0.2, -0.15) is 0 Å². The van der Waals surface area contributed by atoms with E-state index < -0.39 is 20.0 Å². The number of likely N-dealkylation sites (N-methyl/N-ethyl adjacent to an activating group) is 1. The summed E-state index contributed by atoms with van der Waals surface area (Å²) < 4.78 is 23.6. The Morgan fingerprint density at radius 2 is 1.02 bits per heavy atom. The van der Waals surface area contributed by atoms with Gasteiger partial charge in [-0.15, -0.1) is 0 Å². The van der Waals surface area contributed by atoms with Crippen molar-refractivity contribution < 1.29 is 32.9 Å². The van der Waals surface area contributed by atoms with E-state index in [1.165, 1.54) is 154 Å². The summed E-state index contributed by atoms with van der Waals surface area (Å²) in [7, 11) is 1.57. The lowest BCUT2D eigenvalue weighted by atomic mass is 10.0. The van der Waals surface area contributed by atoms with Gasteiger partial charge in [-0.05, 0) is 38.5 Å². The quantitative estimate of drug-likeness (QED) is 0.0246. The molecule has 0 aliphatic carbocycles. The van der Waals surface area contributed by atoms with E-state index in [9.17, 15) is 19.4 Å². The highest BCUT2D eigenvalue weighted by molar-refractivity contribution is 7.47. The van der Waals surface area contributed by atoms with Crippen LogP contribution in [0.5, 0.6) is 0 Å². The van der Waals surface area contributed by atoms with Gasteiger partial charge < -0.3 is 19.8 Å². The Morgan fingerprint density at radius 3 is 1.47 bits per heavy atom. The lowest BCUT2D eigenvalue weighted by molar-refractivity contribution is -0.870. The van der Waals surface area contributed by atoms with Crippen molar-refractivity contribution in [2.24, 2.45) is 0 Å². The molecule has 0 spiro atoms. The van der Waals surface area contributed by atoms with Crippen LogP contribution in [0.25, 0.3) is 0 Å². The molecule has 0 saturated heterocycles. The number of allylic oxidation sites excluding steroid dienone is 3. The third-order valence-electron chi connectivity index (χ3n) is 10.4. The second kappa shape index (κ2) is 38.5. The molecule has 326 valence electrons. The minimum atomic E-state index is -4.33. The van der Waals surface area contributed by atoms with E-state index >= 15 is 0 Å². The Kier molecular flexibility index (Phi) is 37.8. The Labute approximate surface area is 341 Å². The average molecular weight is 800 g/mol. The first-order valence-corrected chi connectivity index (χ1v) is 24.7. The van der Waals surface area contributed by atoms with E-state index in [0.29, 0.717) is 17.4 Å². The largest absolute Gasteiger partial charge is 0.472 e. The highest BCUT2D eigenvalue weighted by atomic mass is 31.2. The zero-order chi connectivity index (χ0) is 40.7. The second-order valence-electron chi connectivity index (χ2n) is 17.1. The molecule has 0 rings (SSSR count). The lowest BCUT2D eigenvalue weighted by Gasteiger charge is -2.25. The summed E-state index contributed by atoms with van der Waals surface area (Å²) in [5, 5.41) is 13.8. The number of hydrogen-bond donors (Lipinski definition) is 3. The number of nitrogens with one attached hydrogen (secondary N) is 1. The first-order chi connectivity index (χ1) is 26.5. The number of amides is 1. The molecule has 3 atom stereocenters. The van der Waals surface area contributed by atoms with Crippen molar-refractivity contribution >= 4 is 13.7 Å². The van der Waals surface area contributed by atoms with E-state index in [2.05, 4.69) is 31.3 Å². The zero-order valence-electron chi connectivity index (χ0n) is 36.9. The van der Waals surface area contributed by atoms with Crippen molar-refractivity contribution in [1.82, 2.24) is 5.32 Å². The predicted octanol–water partition coefficient (Wildman–Crippen LogP) is 12.9. The maximum absolute atomic E-state index is 12.9. The average Bonchev–Trinajstić information content (AvgIpc) is 3.13. The predicted molar refractivity (Wildman–Crippen MR) is 235 cm³/mol. The van der Waals surface area contributed by atoms with Crippen LogP contribution in [0.4, 0.5) is 0 Å². The monoisotopic (exact) mass is 800 g/mol. The minimum Gasteiger partial charge on any atom is -0.387 e. The highest BCUT2D eigenvalue weighted by Crippen LogP contribution is 2.43. The van der Waals surface area contributed by atoms with Crippen LogP contribution in [-0.4, -0.2) is 73.4 Å². The fourth-order valence-electron chi connectivity index (χ4n) is 6.69. The summed E-state index contributed by atoms with van der Waals surface area (Å²) in [6, 6.07) is -0.845. The fraction of sp³-hybridized carbons (Fsp3) is 0.891. The number of rotatable bonds is 42. The normalized spacial score (nSPS) is 14.5. The molecular formula is C46H92N2O6P+. The Balaban J connectivity index is 4.31. The van der Waals surface area contributed by atoms with Gasteiger partial charge in [0.05, 0.1) is 39.9 Å². The molecule has 0 heterocycles. The van der Waals surface area contributed by atoms with Crippen molar-refractivity contribution in [3.8, 4) is 0 Å². The maximum atomic E-state index is 12.9. The first kappa shape index (κ1) is 54.0. The highest BCUT2D eigenvalue weighted by Gasteiger charge is 2.27. The molecule has 0 fully saturated rings. The van der Waals surface area contributed by atoms with E-state index in [4.69, 9.17) is 9.05 Å². The Morgan fingerprint density at radius 1 is 0.600 bits per heavy atom. The first-order valence-electron chi connectivity index (χ1n) is 23.2. The van der Waals surface area contributed by atoms with Crippen molar-refractivity contribution in [2.45, 2.75) is 225 Å². The zero-order valence-corrected chi connectivity index (χ0v) is 37.8. The third-order valence-corrected chi connectivity index (χ3v) is 11.4. The third kappa shape index (κ3) is 41.0. The van der Waals surface area contributed by atoms with Crippen LogP contribution in [0.15, 0.2) is 24.3 Å². The number of phosphoric acid groups is 1. The van der Waals surface area contributed by atoms with E-state index in [0.717, 1.165) is 38.5 Å². The van der Waals surface area contributed by atoms with Gasteiger partial charge >= 0.3 is 7.82 Å². The second-order valence-corrected chi connectivity index (χ2v) is 18.6. The number of nitrogens with zero attached hydrogens (tertiary/aromatic N) is 1. The van der Waals surface area contributed by atoms with E-state index in [-0.39, 0.29) is 19.1 Å². The van der Waals surface area contributed by atoms with Gasteiger partial charge in [-0.3, -0.25) is 13.8 Å².